The molecule has 1 aliphatic heterocycles. The van der Waals surface area contributed by atoms with Crippen molar-refractivity contribution < 1.29 is 9.13 Å². The number of anilines is 2. The van der Waals surface area contributed by atoms with Crippen LogP contribution in [0.1, 0.15) is 6.92 Å². The molecule has 0 unspecified atom stereocenters. The smallest absolute Gasteiger partial charge is 0.127 e. The zero-order chi connectivity index (χ0) is 10.8. The van der Waals surface area contributed by atoms with Crippen molar-refractivity contribution >= 4 is 11.4 Å². The molecular weight excluding hydrogens is 195 g/mol. The Bertz CT molecular complexity index is 336. The van der Waals surface area contributed by atoms with Crippen molar-refractivity contribution in [2.45, 2.75) is 13.0 Å². The molecule has 1 fully saturated rings. The second kappa shape index (κ2) is 4.06. The van der Waals surface area contributed by atoms with Crippen molar-refractivity contribution in [2.24, 2.45) is 0 Å². The molecular formula is C11H15FN2O. The summed E-state index contributed by atoms with van der Waals surface area (Å²) in [6.45, 7) is 4.25. The fourth-order valence-electron chi connectivity index (χ4n) is 1.83. The van der Waals surface area contributed by atoms with Gasteiger partial charge in [-0.05, 0) is 25.1 Å². The second-order valence-electron chi connectivity index (χ2n) is 3.87. The summed E-state index contributed by atoms with van der Waals surface area (Å²) in [6, 6.07) is 4.63. The number of rotatable bonds is 1. The minimum Gasteiger partial charge on any atom is -0.399 e. The predicted octanol–water partition coefficient (Wildman–Crippen LogP) is 1.63. The maximum atomic E-state index is 13.1. The van der Waals surface area contributed by atoms with Crippen LogP contribution < -0.4 is 10.6 Å². The van der Waals surface area contributed by atoms with E-state index in [1.807, 2.05) is 6.92 Å². The van der Waals surface area contributed by atoms with E-state index in [2.05, 4.69) is 4.90 Å². The van der Waals surface area contributed by atoms with Crippen LogP contribution in [0.3, 0.4) is 0 Å². The Morgan fingerprint density at radius 3 is 2.93 bits per heavy atom. The third-order valence-electron chi connectivity index (χ3n) is 2.51. The molecule has 0 bridgehead atoms. The quantitative estimate of drug-likeness (QED) is 0.716. The summed E-state index contributed by atoms with van der Waals surface area (Å²) in [5.74, 6) is -0.288. The molecule has 1 aromatic rings. The molecule has 15 heavy (non-hydrogen) atoms. The monoisotopic (exact) mass is 210 g/mol. The highest BCUT2D eigenvalue weighted by Gasteiger charge is 2.17. The summed E-state index contributed by atoms with van der Waals surface area (Å²) in [5.41, 5.74) is 6.90. The molecule has 0 spiro atoms. The van der Waals surface area contributed by atoms with Crippen molar-refractivity contribution in [1.29, 1.82) is 0 Å². The minimum atomic E-state index is -0.288. The zero-order valence-corrected chi connectivity index (χ0v) is 8.74. The van der Waals surface area contributed by atoms with Crippen molar-refractivity contribution in [2.75, 3.05) is 30.3 Å². The molecule has 2 rings (SSSR count). The van der Waals surface area contributed by atoms with Gasteiger partial charge in [0.25, 0.3) is 0 Å². The molecule has 0 radical (unpaired) electrons. The van der Waals surface area contributed by atoms with Crippen molar-refractivity contribution in [3.63, 3.8) is 0 Å². The number of morpholine rings is 1. The number of hydrogen-bond donors (Lipinski definition) is 1. The zero-order valence-electron chi connectivity index (χ0n) is 8.74. The van der Waals surface area contributed by atoms with E-state index in [1.54, 1.807) is 6.07 Å². The first kappa shape index (κ1) is 10.2. The molecule has 1 saturated heterocycles. The average molecular weight is 210 g/mol. The van der Waals surface area contributed by atoms with Gasteiger partial charge in [0.15, 0.2) is 0 Å². The van der Waals surface area contributed by atoms with Crippen LogP contribution in [0, 0.1) is 5.82 Å². The molecule has 82 valence electrons. The van der Waals surface area contributed by atoms with Gasteiger partial charge in [-0.3, -0.25) is 0 Å². The molecule has 1 atom stereocenters. The minimum absolute atomic E-state index is 0.184. The molecule has 4 heteroatoms. The van der Waals surface area contributed by atoms with Crippen molar-refractivity contribution in [3.8, 4) is 0 Å². The largest absolute Gasteiger partial charge is 0.399 e. The van der Waals surface area contributed by atoms with E-state index in [4.69, 9.17) is 10.5 Å². The predicted molar refractivity (Wildman–Crippen MR) is 58.4 cm³/mol. The fraction of sp³-hybridized carbons (Fsp3) is 0.455. The van der Waals surface area contributed by atoms with Gasteiger partial charge in [0, 0.05) is 24.5 Å². The van der Waals surface area contributed by atoms with E-state index >= 15 is 0 Å². The summed E-state index contributed by atoms with van der Waals surface area (Å²) in [4.78, 5) is 2.09. The Labute approximate surface area is 88.6 Å². The fourth-order valence-corrected chi connectivity index (χ4v) is 1.83. The molecule has 1 heterocycles. The number of halogens is 1. The Morgan fingerprint density at radius 2 is 2.27 bits per heavy atom. The number of nitrogens with zero attached hydrogens (tertiary/aromatic N) is 1. The lowest BCUT2D eigenvalue weighted by molar-refractivity contribution is 0.0532. The van der Waals surface area contributed by atoms with E-state index in [1.165, 1.54) is 12.1 Å². The van der Waals surface area contributed by atoms with E-state index < -0.39 is 0 Å². The van der Waals surface area contributed by atoms with E-state index in [0.717, 1.165) is 18.8 Å². The molecule has 0 aromatic heterocycles. The Balaban J connectivity index is 2.20. The molecule has 1 aliphatic rings. The van der Waals surface area contributed by atoms with Crippen molar-refractivity contribution in [3.05, 3.63) is 24.0 Å². The highest BCUT2D eigenvalue weighted by molar-refractivity contribution is 5.56. The first-order chi connectivity index (χ1) is 7.15. The first-order valence-corrected chi connectivity index (χ1v) is 5.08. The molecule has 0 aliphatic carbocycles. The Kier molecular flexibility index (Phi) is 2.77. The molecule has 2 N–H and O–H groups in total. The number of ether oxygens (including phenoxy) is 1. The lowest BCUT2D eigenvalue weighted by Gasteiger charge is -2.33. The topological polar surface area (TPSA) is 38.5 Å². The third kappa shape index (κ3) is 2.39. The molecule has 0 amide bonds. The van der Waals surface area contributed by atoms with Crippen LogP contribution >= 0.6 is 0 Å². The summed E-state index contributed by atoms with van der Waals surface area (Å²) in [7, 11) is 0. The maximum absolute atomic E-state index is 13.1. The molecule has 3 nitrogen and oxygen atoms in total. The maximum Gasteiger partial charge on any atom is 0.127 e. The van der Waals surface area contributed by atoms with Gasteiger partial charge in [-0.2, -0.15) is 0 Å². The SMILES string of the molecule is C[C@@H]1CN(c2cc(N)cc(F)c2)CCO1. The van der Waals surface area contributed by atoms with Crippen molar-refractivity contribution in [1.82, 2.24) is 0 Å². The van der Waals surface area contributed by atoms with Gasteiger partial charge in [0.05, 0.1) is 12.7 Å². The van der Waals surface area contributed by atoms with Gasteiger partial charge in [0.1, 0.15) is 5.82 Å². The van der Waals surface area contributed by atoms with Gasteiger partial charge >= 0.3 is 0 Å². The molecule has 1 aromatic carbocycles. The Hall–Kier alpha value is -1.29. The van der Waals surface area contributed by atoms with Gasteiger partial charge < -0.3 is 15.4 Å². The van der Waals surface area contributed by atoms with E-state index in [-0.39, 0.29) is 11.9 Å². The van der Waals surface area contributed by atoms with Gasteiger partial charge in [0.2, 0.25) is 0 Å². The van der Waals surface area contributed by atoms with E-state index in [9.17, 15) is 4.39 Å². The van der Waals surface area contributed by atoms with Crippen LogP contribution in [-0.4, -0.2) is 25.8 Å². The summed E-state index contributed by atoms with van der Waals surface area (Å²) in [6.07, 6.45) is 0.184. The van der Waals surface area contributed by atoms with Crippen LogP contribution in [0.15, 0.2) is 18.2 Å². The van der Waals surface area contributed by atoms with Crippen LogP contribution in [0.5, 0.6) is 0 Å². The highest BCUT2D eigenvalue weighted by Crippen LogP contribution is 2.21. The Morgan fingerprint density at radius 1 is 1.47 bits per heavy atom. The van der Waals surface area contributed by atoms with Crippen LogP contribution in [0.2, 0.25) is 0 Å². The number of nitrogens with two attached hydrogens (primary N) is 1. The lowest BCUT2D eigenvalue weighted by atomic mass is 10.2. The van der Waals surface area contributed by atoms with Crippen LogP contribution in [0.25, 0.3) is 0 Å². The second-order valence-corrected chi connectivity index (χ2v) is 3.87. The normalized spacial score (nSPS) is 21.7. The van der Waals surface area contributed by atoms with Gasteiger partial charge in [-0.1, -0.05) is 0 Å². The highest BCUT2D eigenvalue weighted by atomic mass is 19.1. The molecule has 0 saturated carbocycles. The van der Waals surface area contributed by atoms with Crippen LogP contribution in [0.4, 0.5) is 15.8 Å². The third-order valence-corrected chi connectivity index (χ3v) is 2.51. The summed E-state index contributed by atoms with van der Waals surface area (Å²) in [5, 5.41) is 0. The average Bonchev–Trinajstić information content (AvgIpc) is 2.16. The summed E-state index contributed by atoms with van der Waals surface area (Å²) < 4.78 is 18.6. The number of hydrogen-bond acceptors (Lipinski definition) is 3. The van der Waals surface area contributed by atoms with Gasteiger partial charge in [-0.15, -0.1) is 0 Å². The lowest BCUT2D eigenvalue weighted by Crippen LogP contribution is -2.41. The van der Waals surface area contributed by atoms with Gasteiger partial charge in [-0.25, -0.2) is 4.39 Å². The van der Waals surface area contributed by atoms with E-state index in [0.29, 0.717) is 12.3 Å². The first-order valence-electron chi connectivity index (χ1n) is 5.08. The number of nitrogen functional groups attached to an aromatic ring is 1. The number of benzene rings is 1. The standard InChI is InChI=1S/C11H15FN2O/c1-8-7-14(2-3-15-8)11-5-9(12)4-10(13)6-11/h4-6,8H,2-3,7,13H2,1H3/t8-/m1/s1. The summed E-state index contributed by atoms with van der Waals surface area (Å²) >= 11 is 0. The van der Waals surface area contributed by atoms with Crippen LogP contribution in [-0.2, 0) is 4.74 Å².